The van der Waals surface area contributed by atoms with Gasteiger partial charge in [-0.15, -0.1) is 4.52 Å². The molecule has 0 amide bonds. The molecule has 11 heteroatoms. The van der Waals surface area contributed by atoms with Gasteiger partial charge in [0, 0.05) is 18.4 Å². The van der Waals surface area contributed by atoms with E-state index in [0.717, 1.165) is 27.8 Å². The Labute approximate surface area is 340 Å². The van der Waals surface area contributed by atoms with Crippen molar-refractivity contribution in [2.24, 2.45) is 5.92 Å². The van der Waals surface area contributed by atoms with Crippen molar-refractivity contribution in [1.29, 1.82) is 0 Å². The summed E-state index contributed by atoms with van der Waals surface area (Å²) in [4.78, 5) is 48.5. The molecule has 0 saturated carbocycles. The van der Waals surface area contributed by atoms with Crippen LogP contribution < -0.4 is 0 Å². The average Bonchev–Trinajstić information content (AvgIpc) is 3.27. The van der Waals surface area contributed by atoms with Gasteiger partial charge in [-0.25, -0.2) is 4.79 Å². The lowest BCUT2D eigenvalue weighted by atomic mass is 10.1. The summed E-state index contributed by atoms with van der Waals surface area (Å²) in [5.74, 6) is -2.53. The zero-order valence-electron chi connectivity index (χ0n) is 32.3. The van der Waals surface area contributed by atoms with Crippen LogP contribution in [0.2, 0.25) is 0 Å². The van der Waals surface area contributed by atoms with E-state index in [0.29, 0.717) is 0 Å². The molecule has 10 nitrogen and oxygen atoms in total. The van der Waals surface area contributed by atoms with Crippen LogP contribution in [-0.2, 0) is 80.2 Å². The number of ether oxygens (including phenoxy) is 4. The van der Waals surface area contributed by atoms with Crippen LogP contribution in [-0.4, -0.2) is 30.0 Å². The van der Waals surface area contributed by atoms with E-state index in [4.69, 9.17) is 23.5 Å². The molecule has 0 radical (unpaired) electrons. The Balaban J connectivity index is 0.000000273. The molecule has 300 valence electrons. The van der Waals surface area contributed by atoms with Gasteiger partial charge in [0.1, 0.15) is 39.0 Å². The third-order valence-electron chi connectivity index (χ3n) is 8.46. The smallest absolute Gasteiger partial charge is 0.461 e. The maximum absolute atomic E-state index is 12.8. The summed E-state index contributed by atoms with van der Waals surface area (Å²) in [6.07, 6.45) is 0.478. The van der Waals surface area contributed by atoms with Crippen LogP contribution in [0.1, 0.15) is 53.5 Å². The Bertz CT molecular complexity index is 2010. The first kappa shape index (κ1) is 44.5. The van der Waals surface area contributed by atoms with Crippen molar-refractivity contribution in [3.63, 3.8) is 0 Å². The minimum absolute atomic E-state index is 0.0137. The number of carbonyl (C=O) groups excluding carboxylic acids is 4. The molecule has 2 unspecified atom stereocenters. The lowest BCUT2D eigenvalue weighted by Crippen LogP contribution is -2.22. The first-order valence-corrected chi connectivity index (χ1v) is 20.2. The van der Waals surface area contributed by atoms with Crippen molar-refractivity contribution >= 4 is 31.9 Å². The maximum atomic E-state index is 12.8. The maximum Gasteiger partial charge on any atom is 0.509 e. The fourth-order valence-corrected chi connectivity index (χ4v) is 6.27. The number of hydrogen-bond acceptors (Lipinski definition) is 10. The van der Waals surface area contributed by atoms with Crippen molar-refractivity contribution < 1.29 is 47.2 Å². The van der Waals surface area contributed by atoms with Crippen LogP contribution in [0.25, 0.3) is 0 Å². The van der Waals surface area contributed by atoms with Crippen molar-refractivity contribution in [2.45, 2.75) is 58.7 Å². The predicted molar refractivity (Wildman–Crippen MR) is 220 cm³/mol. The van der Waals surface area contributed by atoms with Gasteiger partial charge in [-0.2, -0.15) is 0 Å². The Kier molecular flexibility index (Phi) is 19.8. The van der Waals surface area contributed by atoms with Gasteiger partial charge < -0.3 is 18.9 Å². The molecule has 0 heterocycles. The van der Waals surface area contributed by atoms with E-state index in [-0.39, 0.29) is 76.4 Å². The highest BCUT2D eigenvalue weighted by Gasteiger charge is 2.32. The van der Waals surface area contributed by atoms with Gasteiger partial charge in [0.15, 0.2) is 6.16 Å². The van der Waals surface area contributed by atoms with Crippen LogP contribution in [0.15, 0.2) is 164 Å². The number of carbonyl (C=O) groups is 4. The van der Waals surface area contributed by atoms with E-state index in [1.165, 1.54) is 0 Å². The highest BCUT2D eigenvalue weighted by molar-refractivity contribution is 7.39. The minimum Gasteiger partial charge on any atom is -0.461 e. The van der Waals surface area contributed by atoms with Crippen LogP contribution in [0.4, 0.5) is 0 Å². The van der Waals surface area contributed by atoms with Crippen molar-refractivity contribution in [3.8, 4) is 0 Å². The zero-order valence-corrected chi connectivity index (χ0v) is 33.2. The fraction of sp³-hybridized carbons (Fsp3) is 0.234. The Morgan fingerprint density at radius 2 is 0.828 bits per heavy atom. The highest BCUT2D eigenvalue weighted by atomic mass is 31.1. The van der Waals surface area contributed by atoms with E-state index < -0.39 is 31.9 Å². The minimum atomic E-state index is -2.12. The van der Waals surface area contributed by atoms with Crippen LogP contribution in [0.5, 0.6) is 0 Å². The molecule has 5 aromatic rings. The summed E-state index contributed by atoms with van der Waals surface area (Å²) < 4.78 is 39.1. The van der Waals surface area contributed by atoms with Crippen molar-refractivity contribution in [3.05, 3.63) is 192 Å². The fourth-order valence-electron chi connectivity index (χ4n) is 5.18. The lowest BCUT2D eigenvalue weighted by Gasteiger charge is -2.12. The van der Waals surface area contributed by atoms with E-state index in [2.05, 4.69) is 6.58 Å². The molecule has 0 N–H and O–H groups in total. The molecule has 2 atom stereocenters. The van der Waals surface area contributed by atoms with Crippen LogP contribution in [0, 0.1) is 5.92 Å². The predicted octanol–water partition coefficient (Wildman–Crippen LogP) is 9.64. The summed E-state index contributed by atoms with van der Waals surface area (Å²) >= 11 is 0. The largest absolute Gasteiger partial charge is 0.509 e. The molecular formula is C47H48O10P+. The third-order valence-corrected chi connectivity index (χ3v) is 9.62. The Hall–Kier alpha value is -6.22. The lowest BCUT2D eigenvalue weighted by molar-refractivity contribution is -0.151. The molecule has 5 aromatic carbocycles. The second-order valence-corrected chi connectivity index (χ2v) is 14.3. The molecule has 0 aromatic heterocycles. The summed E-state index contributed by atoms with van der Waals surface area (Å²) in [7, 11) is -2.12. The normalized spacial score (nSPS) is 11.1. The number of benzene rings is 5. The van der Waals surface area contributed by atoms with Gasteiger partial charge in [0.2, 0.25) is 0 Å². The van der Waals surface area contributed by atoms with E-state index in [1.54, 1.807) is 0 Å². The zero-order chi connectivity index (χ0) is 41.2. The quantitative estimate of drug-likeness (QED) is 0.0306. The Morgan fingerprint density at radius 3 is 1.26 bits per heavy atom. The van der Waals surface area contributed by atoms with Crippen LogP contribution in [0.3, 0.4) is 0 Å². The summed E-state index contributed by atoms with van der Waals surface area (Å²) in [5.41, 5.74) is 4.71. The number of hydrogen-bond donors (Lipinski definition) is 0. The molecule has 0 aliphatic heterocycles. The Morgan fingerprint density at radius 1 is 0.466 bits per heavy atom. The highest BCUT2D eigenvalue weighted by Crippen LogP contribution is 2.30. The van der Waals surface area contributed by atoms with E-state index in [1.807, 2.05) is 152 Å². The number of rotatable bonds is 21. The number of esters is 4. The second-order valence-electron chi connectivity index (χ2n) is 13.1. The standard InChI is InChI=1S/C27H28O6P.C20H20O4/c28-26(31-18-22-10-4-1-5-11-22)17-16-25(27(29)32-19-23-12-6-2-7-13-23)21-34(30)33-20-24-14-8-3-9-15-24;1-16(20(22)24-15-18-10-6-3-7-11-18)12-13-19(21)23-14-17-8-4-2-5-9-17/h1-15,25H,16-21H2;2-11H,1,12-15H2/q+1;. The molecule has 5 rings (SSSR count). The summed E-state index contributed by atoms with van der Waals surface area (Å²) in [6.45, 7) is 4.55. The molecule has 0 spiro atoms. The summed E-state index contributed by atoms with van der Waals surface area (Å²) in [5, 5.41) is 0. The topological polar surface area (TPSA) is 132 Å². The van der Waals surface area contributed by atoms with Gasteiger partial charge in [-0.3, -0.25) is 14.4 Å². The first-order chi connectivity index (χ1) is 28.2. The molecule has 0 aliphatic rings. The van der Waals surface area contributed by atoms with Crippen molar-refractivity contribution in [2.75, 3.05) is 6.16 Å². The molecular weight excluding hydrogens is 755 g/mol. The van der Waals surface area contributed by atoms with Gasteiger partial charge in [-0.05, 0) is 45.2 Å². The summed E-state index contributed by atoms with van der Waals surface area (Å²) in [6, 6.07) is 46.9. The molecule has 0 bridgehead atoms. The molecule has 0 aliphatic carbocycles. The SMILES string of the molecule is C=C(CCC(=O)OCc1ccccc1)C(=O)OCc1ccccc1.O=C(CCC(C[P+](=O)OCc1ccccc1)C(=O)OCc1ccccc1)OCc1ccccc1. The molecule has 0 saturated heterocycles. The third kappa shape index (κ3) is 18.2. The van der Waals surface area contributed by atoms with Gasteiger partial charge in [-0.1, -0.05) is 158 Å². The first-order valence-electron chi connectivity index (χ1n) is 18.8. The molecule has 58 heavy (non-hydrogen) atoms. The van der Waals surface area contributed by atoms with Crippen LogP contribution >= 0.6 is 8.03 Å². The van der Waals surface area contributed by atoms with Crippen molar-refractivity contribution in [1.82, 2.24) is 0 Å². The average molecular weight is 804 g/mol. The van der Waals surface area contributed by atoms with Gasteiger partial charge in [0.25, 0.3) is 0 Å². The van der Waals surface area contributed by atoms with E-state index >= 15 is 0 Å². The van der Waals surface area contributed by atoms with Gasteiger partial charge in [0.05, 0.1) is 0 Å². The monoisotopic (exact) mass is 803 g/mol. The van der Waals surface area contributed by atoms with E-state index in [9.17, 15) is 23.7 Å². The van der Waals surface area contributed by atoms with Gasteiger partial charge >= 0.3 is 31.9 Å². The second kappa shape index (κ2) is 25.8. The molecule has 0 fully saturated rings.